The molecule has 154 valence electrons. The molecule has 1 aliphatic heterocycles. The lowest BCUT2D eigenvalue weighted by Crippen LogP contribution is -2.16. The zero-order chi connectivity index (χ0) is 20.8. The van der Waals surface area contributed by atoms with Crippen LogP contribution in [0.2, 0.25) is 5.02 Å². The van der Waals surface area contributed by atoms with E-state index in [2.05, 4.69) is 20.6 Å². The van der Waals surface area contributed by atoms with Gasteiger partial charge in [-0.3, -0.25) is 4.79 Å². The molecule has 0 saturated carbocycles. The Balaban J connectivity index is 1.32. The van der Waals surface area contributed by atoms with Gasteiger partial charge in [-0.05, 0) is 42.0 Å². The van der Waals surface area contributed by atoms with Gasteiger partial charge in [0.2, 0.25) is 5.88 Å². The monoisotopic (exact) mass is 424 g/mol. The minimum Gasteiger partial charge on any atom is -0.472 e. The largest absolute Gasteiger partial charge is 0.472 e. The van der Waals surface area contributed by atoms with Crippen molar-refractivity contribution in [3.05, 3.63) is 77.1 Å². The number of benzene rings is 1. The summed E-state index contributed by atoms with van der Waals surface area (Å²) >= 11 is 5.94. The average molecular weight is 425 g/mol. The first kappa shape index (κ1) is 20.1. The van der Waals surface area contributed by atoms with Crippen LogP contribution >= 0.6 is 11.6 Å². The predicted molar refractivity (Wildman–Crippen MR) is 115 cm³/mol. The van der Waals surface area contributed by atoms with E-state index in [9.17, 15) is 4.79 Å². The molecule has 2 N–H and O–H groups in total. The fourth-order valence-corrected chi connectivity index (χ4v) is 3.19. The summed E-state index contributed by atoms with van der Waals surface area (Å²) in [6.45, 7) is 1.89. The Morgan fingerprint density at radius 3 is 2.90 bits per heavy atom. The van der Waals surface area contributed by atoms with Crippen LogP contribution in [0.15, 0.2) is 60.9 Å². The molecule has 1 saturated heterocycles. The van der Waals surface area contributed by atoms with Gasteiger partial charge in [0.15, 0.2) is 0 Å². The number of anilines is 2. The number of ether oxygens (including phenoxy) is 2. The lowest BCUT2D eigenvalue weighted by atomic mass is 10.2. The molecular weight excluding hydrogens is 404 g/mol. The Labute approximate surface area is 179 Å². The summed E-state index contributed by atoms with van der Waals surface area (Å²) in [4.78, 5) is 20.9. The fraction of sp³-hybridized carbons (Fsp3) is 0.227. The summed E-state index contributed by atoms with van der Waals surface area (Å²) in [7, 11) is 0. The van der Waals surface area contributed by atoms with Crippen molar-refractivity contribution in [1.29, 1.82) is 0 Å². The van der Waals surface area contributed by atoms with Crippen LogP contribution in [0.3, 0.4) is 0 Å². The minimum absolute atomic E-state index is 0.0629. The molecule has 3 aromatic rings. The van der Waals surface area contributed by atoms with E-state index in [1.807, 2.05) is 12.1 Å². The van der Waals surface area contributed by atoms with E-state index in [1.54, 1.807) is 42.6 Å². The minimum atomic E-state index is -0.247. The van der Waals surface area contributed by atoms with Gasteiger partial charge in [-0.2, -0.15) is 0 Å². The number of nitrogens with zero attached hydrogens (tertiary/aromatic N) is 2. The highest BCUT2D eigenvalue weighted by atomic mass is 35.5. The van der Waals surface area contributed by atoms with Gasteiger partial charge in [0, 0.05) is 42.1 Å². The van der Waals surface area contributed by atoms with Crippen molar-refractivity contribution in [1.82, 2.24) is 9.97 Å². The lowest BCUT2D eigenvalue weighted by Gasteiger charge is -2.12. The molecule has 1 unspecified atom stereocenters. The second-order valence-corrected chi connectivity index (χ2v) is 7.29. The normalized spacial score (nSPS) is 15.6. The van der Waals surface area contributed by atoms with Gasteiger partial charge in [0.1, 0.15) is 11.9 Å². The van der Waals surface area contributed by atoms with E-state index in [-0.39, 0.29) is 12.0 Å². The molecule has 1 aliphatic rings. The number of amides is 1. The van der Waals surface area contributed by atoms with Crippen molar-refractivity contribution in [2.24, 2.45) is 0 Å². The molecule has 0 spiro atoms. The van der Waals surface area contributed by atoms with E-state index in [0.29, 0.717) is 41.1 Å². The zero-order valence-corrected chi connectivity index (χ0v) is 16.9. The standard InChI is InChI=1S/C22H21ClN4O3/c23-17-2-1-3-18(11-17)27-22(28)16-4-5-20(26-13-16)25-12-15-6-8-24-21(10-15)30-19-7-9-29-14-19/h1-6,8,10-11,13,19H,7,9,12,14H2,(H,25,26)(H,27,28). The van der Waals surface area contributed by atoms with E-state index < -0.39 is 0 Å². The highest BCUT2D eigenvalue weighted by molar-refractivity contribution is 6.30. The van der Waals surface area contributed by atoms with E-state index in [0.717, 1.165) is 18.6 Å². The van der Waals surface area contributed by atoms with Crippen molar-refractivity contribution in [2.75, 3.05) is 23.8 Å². The van der Waals surface area contributed by atoms with Gasteiger partial charge in [-0.25, -0.2) is 9.97 Å². The molecule has 0 bridgehead atoms. The molecule has 4 rings (SSSR count). The van der Waals surface area contributed by atoms with Gasteiger partial charge in [-0.1, -0.05) is 17.7 Å². The Hall–Kier alpha value is -3.16. The molecule has 2 aromatic heterocycles. The number of pyridine rings is 2. The predicted octanol–water partition coefficient (Wildman–Crippen LogP) is 4.16. The third-order valence-electron chi connectivity index (χ3n) is 4.56. The van der Waals surface area contributed by atoms with Crippen molar-refractivity contribution in [3.8, 4) is 5.88 Å². The Morgan fingerprint density at radius 2 is 2.13 bits per heavy atom. The van der Waals surface area contributed by atoms with Gasteiger partial charge in [-0.15, -0.1) is 0 Å². The molecule has 0 radical (unpaired) electrons. The third kappa shape index (κ3) is 5.46. The summed E-state index contributed by atoms with van der Waals surface area (Å²) in [5.41, 5.74) is 2.11. The van der Waals surface area contributed by atoms with Crippen LogP contribution in [-0.2, 0) is 11.3 Å². The highest BCUT2D eigenvalue weighted by Gasteiger charge is 2.17. The second-order valence-electron chi connectivity index (χ2n) is 6.86. The summed E-state index contributed by atoms with van der Waals surface area (Å²) in [6, 6.07) is 14.3. The smallest absolute Gasteiger partial charge is 0.257 e. The Bertz CT molecular complexity index is 1010. The van der Waals surface area contributed by atoms with Gasteiger partial charge in [0.05, 0.1) is 18.8 Å². The van der Waals surface area contributed by atoms with Crippen LogP contribution in [0.1, 0.15) is 22.3 Å². The van der Waals surface area contributed by atoms with Crippen LogP contribution in [0.25, 0.3) is 0 Å². The Morgan fingerprint density at radius 1 is 1.20 bits per heavy atom. The van der Waals surface area contributed by atoms with E-state index >= 15 is 0 Å². The number of hydrogen-bond acceptors (Lipinski definition) is 6. The Kier molecular flexibility index (Phi) is 6.41. The van der Waals surface area contributed by atoms with E-state index in [1.165, 1.54) is 6.20 Å². The van der Waals surface area contributed by atoms with Crippen molar-refractivity contribution >= 4 is 29.0 Å². The van der Waals surface area contributed by atoms with Crippen LogP contribution in [0.4, 0.5) is 11.5 Å². The first-order valence-corrected chi connectivity index (χ1v) is 10.00. The zero-order valence-electron chi connectivity index (χ0n) is 16.2. The van der Waals surface area contributed by atoms with Crippen molar-refractivity contribution in [2.45, 2.75) is 19.1 Å². The van der Waals surface area contributed by atoms with Crippen molar-refractivity contribution < 1.29 is 14.3 Å². The number of nitrogens with one attached hydrogen (secondary N) is 2. The number of halogens is 1. The van der Waals surface area contributed by atoms with Crippen LogP contribution in [0, 0.1) is 0 Å². The molecule has 0 aliphatic carbocycles. The molecule has 8 heteroatoms. The number of hydrogen-bond donors (Lipinski definition) is 2. The first-order chi connectivity index (χ1) is 14.7. The van der Waals surface area contributed by atoms with E-state index in [4.69, 9.17) is 21.1 Å². The second kappa shape index (κ2) is 9.56. The maximum absolute atomic E-state index is 12.4. The van der Waals surface area contributed by atoms with Crippen molar-refractivity contribution in [3.63, 3.8) is 0 Å². The summed E-state index contributed by atoms with van der Waals surface area (Å²) < 4.78 is 11.2. The van der Waals surface area contributed by atoms with Gasteiger partial charge >= 0.3 is 0 Å². The summed E-state index contributed by atoms with van der Waals surface area (Å²) in [5, 5.41) is 6.60. The van der Waals surface area contributed by atoms with Crippen LogP contribution < -0.4 is 15.4 Å². The fourth-order valence-electron chi connectivity index (χ4n) is 3.00. The number of carbonyl (C=O) groups is 1. The highest BCUT2D eigenvalue weighted by Crippen LogP contribution is 2.18. The number of rotatable bonds is 7. The molecule has 7 nitrogen and oxygen atoms in total. The van der Waals surface area contributed by atoms with Crippen LogP contribution in [-0.4, -0.2) is 35.2 Å². The van der Waals surface area contributed by atoms with Gasteiger partial charge < -0.3 is 20.1 Å². The first-order valence-electron chi connectivity index (χ1n) is 9.62. The van der Waals surface area contributed by atoms with Gasteiger partial charge in [0.25, 0.3) is 5.91 Å². The molecule has 1 amide bonds. The molecule has 1 atom stereocenters. The number of aromatic nitrogens is 2. The molecule has 3 heterocycles. The molecule has 30 heavy (non-hydrogen) atoms. The summed E-state index contributed by atoms with van der Waals surface area (Å²) in [5.74, 6) is 1.01. The lowest BCUT2D eigenvalue weighted by molar-refractivity contribution is 0.102. The summed E-state index contributed by atoms with van der Waals surface area (Å²) in [6.07, 6.45) is 4.20. The molecule has 1 aromatic carbocycles. The molecule has 1 fully saturated rings. The maximum Gasteiger partial charge on any atom is 0.257 e. The topological polar surface area (TPSA) is 85.4 Å². The number of carbonyl (C=O) groups excluding carboxylic acids is 1. The third-order valence-corrected chi connectivity index (χ3v) is 4.79. The molecular formula is C22H21ClN4O3. The quantitative estimate of drug-likeness (QED) is 0.592. The SMILES string of the molecule is O=C(Nc1cccc(Cl)c1)c1ccc(NCc2ccnc(OC3CCOC3)c2)nc1. The maximum atomic E-state index is 12.4. The van der Waals surface area contributed by atoms with Crippen LogP contribution in [0.5, 0.6) is 5.88 Å². The average Bonchev–Trinajstić information content (AvgIpc) is 3.26.